The molecule has 1 N–H and O–H groups in total. The Hall–Kier alpha value is -1.62. The monoisotopic (exact) mass is 371 g/mol. The Labute approximate surface area is 159 Å². The highest BCUT2D eigenvalue weighted by Crippen LogP contribution is 2.29. The number of aryl methyl sites for hydroxylation is 2. The van der Waals surface area contributed by atoms with Crippen LogP contribution in [0.15, 0.2) is 42.5 Å². The second kappa shape index (κ2) is 9.90. The minimum absolute atomic E-state index is 0.187. The van der Waals surface area contributed by atoms with E-state index in [4.69, 9.17) is 8.85 Å². The molecule has 3 nitrogen and oxygen atoms in total. The predicted molar refractivity (Wildman–Crippen MR) is 110 cm³/mol. The minimum Gasteiger partial charge on any atom is -0.508 e. The maximum Gasteiger partial charge on any atom is 0.385 e. The lowest BCUT2D eigenvalue weighted by molar-refractivity contribution is 0.129. The van der Waals surface area contributed by atoms with Crippen molar-refractivity contribution in [1.29, 1.82) is 0 Å². The second-order valence-corrected chi connectivity index (χ2v) is 8.98. The fourth-order valence-electron chi connectivity index (χ4n) is 2.90. The Morgan fingerprint density at radius 2 is 1.54 bits per heavy atom. The third kappa shape index (κ3) is 6.59. The fraction of sp³-hybridized carbons (Fsp3) is 0.455. The number of rotatable bonds is 9. The Kier molecular flexibility index (Phi) is 7.88. The molecule has 0 bridgehead atoms. The molecule has 0 aliphatic heterocycles. The van der Waals surface area contributed by atoms with Crippen molar-refractivity contribution in [1.82, 2.24) is 0 Å². The standard InChI is InChI=1S/C22H31O3Si/c1-16(2)24-26(25-17(3)4)14-6-7-20-15-21(23)12-13-22(20)19-10-8-18(5)9-11-19/h8-13,15-17,23H,6-7,14H2,1-5H3. The Morgan fingerprint density at radius 1 is 0.923 bits per heavy atom. The van der Waals surface area contributed by atoms with Crippen LogP contribution in [0.25, 0.3) is 11.1 Å². The summed E-state index contributed by atoms with van der Waals surface area (Å²) in [7, 11) is -1.27. The van der Waals surface area contributed by atoms with Gasteiger partial charge in [0.05, 0.1) is 0 Å². The molecule has 2 aromatic rings. The lowest BCUT2D eigenvalue weighted by atomic mass is 9.96. The molecule has 26 heavy (non-hydrogen) atoms. The quantitative estimate of drug-likeness (QED) is 0.580. The molecule has 0 unspecified atom stereocenters. The van der Waals surface area contributed by atoms with Crippen LogP contribution in [0.1, 0.15) is 45.2 Å². The molecule has 0 aromatic heterocycles. The van der Waals surface area contributed by atoms with Crippen molar-refractivity contribution < 1.29 is 14.0 Å². The van der Waals surface area contributed by atoms with Crippen molar-refractivity contribution >= 4 is 9.28 Å². The Bertz CT molecular complexity index is 670. The van der Waals surface area contributed by atoms with Crippen LogP contribution in [0, 0.1) is 6.92 Å². The summed E-state index contributed by atoms with van der Waals surface area (Å²) in [5.41, 5.74) is 4.79. The van der Waals surface area contributed by atoms with Gasteiger partial charge in [-0.15, -0.1) is 0 Å². The normalized spacial score (nSPS) is 11.7. The average Bonchev–Trinajstić information content (AvgIpc) is 2.55. The molecule has 4 heteroatoms. The summed E-state index contributed by atoms with van der Waals surface area (Å²) in [4.78, 5) is 0. The minimum atomic E-state index is -1.27. The molecule has 141 valence electrons. The molecule has 0 aliphatic carbocycles. The van der Waals surface area contributed by atoms with E-state index in [1.807, 2.05) is 12.1 Å². The van der Waals surface area contributed by atoms with E-state index in [1.165, 1.54) is 22.3 Å². The van der Waals surface area contributed by atoms with Crippen LogP contribution in [0.2, 0.25) is 6.04 Å². The molecule has 0 fully saturated rings. The van der Waals surface area contributed by atoms with Gasteiger partial charge in [-0.05, 0) is 82.3 Å². The fourth-order valence-corrected chi connectivity index (χ4v) is 4.70. The van der Waals surface area contributed by atoms with Gasteiger partial charge in [0.15, 0.2) is 0 Å². The summed E-state index contributed by atoms with van der Waals surface area (Å²) in [5, 5.41) is 9.93. The molecule has 0 amide bonds. The first-order valence-corrected chi connectivity index (χ1v) is 11.0. The van der Waals surface area contributed by atoms with Crippen LogP contribution in [0.4, 0.5) is 0 Å². The third-order valence-corrected chi connectivity index (χ3v) is 6.24. The highest BCUT2D eigenvalue weighted by molar-refractivity contribution is 6.44. The molecule has 0 spiro atoms. The van der Waals surface area contributed by atoms with Crippen molar-refractivity contribution in [3.63, 3.8) is 0 Å². The predicted octanol–water partition coefficient (Wildman–Crippen LogP) is 5.64. The smallest absolute Gasteiger partial charge is 0.385 e. The highest BCUT2D eigenvalue weighted by atomic mass is 28.3. The molecule has 2 rings (SSSR count). The van der Waals surface area contributed by atoms with Gasteiger partial charge in [0.2, 0.25) is 0 Å². The third-order valence-electron chi connectivity index (χ3n) is 4.01. The van der Waals surface area contributed by atoms with Gasteiger partial charge in [0, 0.05) is 12.2 Å². The largest absolute Gasteiger partial charge is 0.508 e. The topological polar surface area (TPSA) is 38.7 Å². The summed E-state index contributed by atoms with van der Waals surface area (Å²) in [5.74, 6) is 0.318. The zero-order valence-electron chi connectivity index (χ0n) is 16.6. The Balaban J connectivity index is 2.08. The van der Waals surface area contributed by atoms with E-state index in [1.54, 1.807) is 6.07 Å². The van der Waals surface area contributed by atoms with Gasteiger partial charge in [-0.1, -0.05) is 35.9 Å². The van der Waals surface area contributed by atoms with Gasteiger partial charge in [0.1, 0.15) is 5.75 Å². The van der Waals surface area contributed by atoms with Crippen molar-refractivity contribution in [2.24, 2.45) is 0 Å². The van der Waals surface area contributed by atoms with Crippen molar-refractivity contribution in [2.45, 2.75) is 65.7 Å². The van der Waals surface area contributed by atoms with Gasteiger partial charge >= 0.3 is 9.28 Å². The molecule has 2 aromatic carbocycles. The molecule has 0 aliphatic rings. The summed E-state index contributed by atoms with van der Waals surface area (Å²) in [6.07, 6.45) is 2.25. The number of hydrogen-bond acceptors (Lipinski definition) is 3. The van der Waals surface area contributed by atoms with E-state index in [0.717, 1.165) is 18.9 Å². The van der Waals surface area contributed by atoms with Crippen LogP contribution in [0.3, 0.4) is 0 Å². The summed E-state index contributed by atoms with van der Waals surface area (Å²) < 4.78 is 12.0. The van der Waals surface area contributed by atoms with Gasteiger partial charge in [0.25, 0.3) is 0 Å². The van der Waals surface area contributed by atoms with Gasteiger partial charge in [-0.2, -0.15) is 0 Å². The second-order valence-electron chi connectivity index (χ2n) is 7.27. The number of phenols is 1. The van der Waals surface area contributed by atoms with Gasteiger partial charge in [-0.25, -0.2) is 0 Å². The molecular formula is C22H31O3Si. The highest BCUT2D eigenvalue weighted by Gasteiger charge is 2.19. The average molecular weight is 372 g/mol. The zero-order chi connectivity index (χ0) is 19.1. The lowest BCUT2D eigenvalue weighted by Crippen LogP contribution is -2.29. The number of phenolic OH excluding ortho intramolecular Hbond substituents is 1. The lowest BCUT2D eigenvalue weighted by Gasteiger charge is -2.20. The summed E-state index contributed by atoms with van der Waals surface area (Å²) in [6, 6.07) is 15.1. The molecule has 0 saturated heterocycles. The first-order valence-electron chi connectivity index (χ1n) is 9.43. The molecule has 1 radical (unpaired) electrons. The van der Waals surface area contributed by atoms with Crippen LogP contribution < -0.4 is 0 Å². The SMILES string of the molecule is Cc1ccc(-c2ccc(O)cc2CCC[Si](OC(C)C)OC(C)C)cc1. The van der Waals surface area contributed by atoms with Crippen LogP contribution in [-0.4, -0.2) is 26.6 Å². The summed E-state index contributed by atoms with van der Waals surface area (Å²) in [6.45, 7) is 10.3. The molecule has 0 atom stereocenters. The Morgan fingerprint density at radius 3 is 2.12 bits per heavy atom. The molecule has 0 saturated carbocycles. The van der Waals surface area contributed by atoms with E-state index < -0.39 is 9.28 Å². The van der Waals surface area contributed by atoms with E-state index in [0.29, 0.717) is 5.75 Å². The zero-order valence-corrected chi connectivity index (χ0v) is 17.6. The van der Waals surface area contributed by atoms with Gasteiger partial charge < -0.3 is 14.0 Å². The maximum atomic E-state index is 9.93. The first-order chi connectivity index (χ1) is 12.3. The van der Waals surface area contributed by atoms with Crippen molar-refractivity contribution in [3.05, 3.63) is 53.6 Å². The van der Waals surface area contributed by atoms with E-state index in [-0.39, 0.29) is 12.2 Å². The van der Waals surface area contributed by atoms with E-state index in [9.17, 15) is 5.11 Å². The van der Waals surface area contributed by atoms with Crippen molar-refractivity contribution in [2.75, 3.05) is 0 Å². The molecular weight excluding hydrogens is 340 g/mol. The first kappa shape index (κ1) is 20.7. The maximum absolute atomic E-state index is 9.93. The van der Waals surface area contributed by atoms with Crippen LogP contribution in [0.5, 0.6) is 5.75 Å². The molecule has 0 heterocycles. The number of benzene rings is 2. The van der Waals surface area contributed by atoms with Gasteiger partial charge in [-0.3, -0.25) is 0 Å². The van der Waals surface area contributed by atoms with E-state index in [2.05, 4.69) is 58.9 Å². The van der Waals surface area contributed by atoms with Crippen LogP contribution in [-0.2, 0) is 15.3 Å². The van der Waals surface area contributed by atoms with Crippen LogP contribution >= 0.6 is 0 Å². The summed E-state index contributed by atoms with van der Waals surface area (Å²) >= 11 is 0. The van der Waals surface area contributed by atoms with Crippen molar-refractivity contribution in [3.8, 4) is 16.9 Å². The number of hydrogen-bond donors (Lipinski definition) is 1. The number of aromatic hydroxyl groups is 1. The van der Waals surface area contributed by atoms with E-state index >= 15 is 0 Å².